The normalized spacial score (nSPS) is 21.4. The van der Waals surface area contributed by atoms with E-state index in [0.717, 1.165) is 32.5 Å². The molecule has 2 rings (SSSR count). The summed E-state index contributed by atoms with van der Waals surface area (Å²) in [5.74, 6) is -0.352. The van der Waals surface area contributed by atoms with Crippen molar-refractivity contribution in [3.05, 3.63) is 35.9 Å². The number of aliphatic carboxylic acids is 1. The maximum Gasteiger partial charge on any atom is 0.303 e. The molecule has 1 atom stereocenters. The fourth-order valence-corrected chi connectivity index (χ4v) is 2.71. The third-order valence-electron chi connectivity index (χ3n) is 3.57. The van der Waals surface area contributed by atoms with Gasteiger partial charge in [-0.1, -0.05) is 36.8 Å². The summed E-state index contributed by atoms with van der Waals surface area (Å²) < 4.78 is 0. The lowest BCUT2D eigenvalue weighted by Crippen LogP contribution is -2.29. The molecule has 3 nitrogen and oxygen atoms in total. The predicted octanol–water partition coefficient (Wildman–Crippen LogP) is 2.76. The molecule has 18 heavy (non-hydrogen) atoms. The highest BCUT2D eigenvalue weighted by Crippen LogP contribution is 2.20. The van der Waals surface area contributed by atoms with Gasteiger partial charge in [0.1, 0.15) is 0 Å². The Morgan fingerprint density at radius 1 is 1.28 bits per heavy atom. The van der Waals surface area contributed by atoms with Crippen LogP contribution in [0.2, 0.25) is 0 Å². The van der Waals surface area contributed by atoms with Crippen LogP contribution in [0.5, 0.6) is 0 Å². The van der Waals surface area contributed by atoms with Crippen molar-refractivity contribution < 1.29 is 9.90 Å². The summed E-state index contributed by atoms with van der Waals surface area (Å²) in [6.07, 6.45) is 3.70. The van der Waals surface area contributed by atoms with Gasteiger partial charge < -0.3 is 5.11 Å². The van der Waals surface area contributed by atoms with Gasteiger partial charge in [-0.25, -0.2) is 0 Å². The number of benzene rings is 1. The molecule has 0 radical (unpaired) electrons. The molecule has 1 aliphatic rings. The lowest BCUT2D eigenvalue weighted by atomic mass is 10.00. The third-order valence-corrected chi connectivity index (χ3v) is 3.57. The number of carboxylic acids is 1. The molecule has 0 amide bonds. The molecular weight excluding hydrogens is 226 g/mol. The van der Waals surface area contributed by atoms with Gasteiger partial charge in [0, 0.05) is 19.5 Å². The molecule has 0 aromatic heterocycles. The molecule has 1 aromatic rings. The fourth-order valence-electron chi connectivity index (χ4n) is 2.71. The minimum Gasteiger partial charge on any atom is -0.481 e. The van der Waals surface area contributed by atoms with Crippen molar-refractivity contribution in [2.24, 2.45) is 5.92 Å². The lowest BCUT2D eigenvalue weighted by molar-refractivity contribution is -0.138. The van der Waals surface area contributed by atoms with E-state index >= 15 is 0 Å². The van der Waals surface area contributed by atoms with Gasteiger partial charge >= 0.3 is 5.97 Å². The molecule has 1 N–H and O–H groups in total. The minimum atomic E-state index is -0.665. The number of hydrogen-bond acceptors (Lipinski definition) is 2. The van der Waals surface area contributed by atoms with E-state index in [2.05, 4.69) is 29.2 Å². The van der Waals surface area contributed by atoms with E-state index in [0.29, 0.717) is 12.3 Å². The maximum absolute atomic E-state index is 10.8. The lowest BCUT2D eigenvalue weighted by Gasteiger charge is -2.23. The Balaban J connectivity index is 1.92. The number of rotatable bonds is 4. The van der Waals surface area contributed by atoms with Crippen molar-refractivity contribution in [3.8, 4) is 0 Å². The second kappa shape index (κ2) is 6.55. The van der Waals surface area contributed by atoms with Crippen LogP contribution in [0.3, 0.4) is 0 Å². The summed E-state index contributed by atoms with van der Waals surface area (Å²) in [5.41, 5.74) is 1.31. The third kappa shape index (κ3) is 4.15. The smallest absolute Gasteiger partial charge is 0.303 e. The highest BCUT2D eigenvalue weighted by molar-refractivity contribution is 5.67. The van der Waals surface area contributed by atoms with Gasteiger partial charge in [0.15, 0.2) is 0 Å². The van der Waals surface area contributed by atoms with Crippen molar-refractivity contribution in [1.82, 2.24) is 4.90 Å². The zero-order chi connectivity index (χ0) is 12.8. The number of likely N-dealkylation sites (tertiary alicyclic amines) is 1. The van der Waals surface area contributed by atoms with E-state index in [1.807, 2.05) is 6.07 Å². The molecule has 0 saturated carbocycles. The molecule has 98 valence electrons. The van der Waals surface area contributed by atoms with Gasteiger partial charge in [0.2, 0.25) is 0 Å². The Labute approximate surface area is 108 Å². The average molecular weight is 247 g/mol. The van der Waals surface area contributed by atoms with Crippen LogP contribution in [0.4, 0.5) is 0 Å². The summed E-state index contributed by atoms with van der Waals surface area (Å²) >= 11 is 0. The highest BCUT2D eigenvalue weighted by Gasteiger charge is 2.20. The zero-order valence-electron chi connectivity index (χ0n) is 10.7. The Morgan fingerprint density at radius 3 is 2.78 bits per heavy atom. The summed E-state index contributed by atoms with van der Waals surface area (Å²) in [6, 6.07) is 10.4. The number of hydrogen-bond donors (Lipinski definition) is 1. The van der Waals surface area contributed by atoms with Gasteiger partial charge in [0.25, 0.3) is 0 Å². The highest BCUT2D eigenvalue weighted by atomic mass is 16.4. The van der Waals surface area contributed by atoms with Crippen LogP contribution in [0.1, 0.15) is 31.2 Å². The first kappa shape index (κ1) is 13.1. The molecule has 1 aromatic carbocycles. The first-order chi connectivity index (χ1) is 8.74. The van der Waals surface area contributed by atoms with E-state index in [9.17, 15) is 4.79 Å². The van der Waals surface area contributed by atoms with Crippen molar-refractivity contribution in [2.45, 2.75) is 32.2 Å². The Morgan fingerprint density at radius 2 is 2.06 bits per heavy atom. The maximum atomic E-state index is 10.8. The van der Waals surface area contributed by atoms with Crippen LogP contribution < -0.4 is 0 Å². The molecular formula is C15H21NO2. The zero-order valence-corrected chi connectivity index (χ0v) is 10.7. The van der Waals surface area contributed by atoms with E-state index in [1.54, 1.807) is 0 Å². The van der Waals surface area contributed by atoms with Gasteiger partial charge in [-0.15, -0.1) is 0 Å². The molecule has 1 fully saturated rings. The molecule has 3 heteroatoms. The quantitative estimate of drug-likeness (QED) is 0.889. The number of carbonyl (C=O) groups is 1. The summed E-state index contributed by atoms with van der Waals surface area (Å²) in [4.78, 5) is 13.2. The standard InChI is InChI=1S/C15H21NO2/c17-15(18)10-14-8-4-5-9-16(12-14)11-13-6-2-1-3-7-13/h1-3,6-7,14H,4-5,8-12H2,(H,17,18). The Bertz CT molecular complexity index is 377. The predicted molar refractivity (Wildman–Crippen MR) is 71.3 cm³/mol. The van der Waals surface area contributed by atoms with Crippen molar-refractivity contribution >= 4 is 5.97 Å². The van der Waals surface area contributed by atoms with Crippen molar-refractivity contribution in [3.63, 3.8) is 0 Å². The number of carboxylic acid groups (broad SMARTS) is 1. The van der Waals surface area contributed by atoms with Gasteiger partial charge in [-0.2, -0.15) is 0 Å². The second-order valence-corrected chi connectivity index (χ2v) is 5.18. The van der Waals surface area contributed by atoms with Gasteiger partial charge in [-0.3, -0.25) is 9.69 Å². The Kier molecular flexibility index (Phi) is 4.76. The molecule has 1 heterocycles. The molecule has 1 aliphatic heterocycles. The summed E-state index contributed by atoms with van der Waals surface area (Å²) in [6.45, 7) is 2.95. The molecule has 0 aliphatic carbocycles. The Hall–Kier alpha value is -1.35. The van der Waals surface area contributed by atoms with Crippen LogP contribution in [0.15, 0.2) is 30.3 Å². The summed E-state index contributed by atoms with van der Waals surface area (Å²) in [7, 11) is 0. The topological polar surface area (TPSA) is 40.5 Å². The summed E-state index contributed by atoms with van der Waals surface area (Å²) in [5, 5.41) is 8.92. The van der Waals surface area contributed by atoms with Gasteiger partial charge in [0.05, 0.1) is 0 Å². The molecule has 1 saturated heterocycles. The van der Waals surface area contributed by atoms with Crippen LogP contribution in [-0.2, 0) is 11.3 Å². The van der Waals surface area contributed by atoms with Crippen LogP contribution in [0, 0.1) is 5.92 Å². The number of nitrogens with zero attached hydrogens (tertiary/aromatic N) is 1. The van der Waals surface area contributed by atoms with Gasteiger partial charge in [-0.05, 0) is 30.9 Å². The largest absolute Gasteiger partial charge is 0.481 e. The van der Waals surface area contributed by atoms with E-state index in [-0.39, 0.29) is 0 Å². The first-order valence-electron chi connectivity index (χ1n) is 6.72. The fraction of sp³-hybridized carbons (Fsp3) is 0.533. The monoisotopic (exact) mass is 247 g/mol. The van der Waals surface area contributed by atoms with E-state index < -0.39 is 5.97 Å². The molecule has 0 spiro atoms. The average Bonchev–Trinajstić information content (AvgIpc) is 2.55. The molecule has 0 bridgehead atoms. The van der Waals surface area contributed by atoms with Crippen LogP contribution >= 0.6 is 0 Å². The van der Waals surface area contributed by atoms with Crippen molar-refractivity contribution in [1.29, 1.82) is 0 Å². The molecule has 1 unspecified atom stereocenters. The van der Waals surface area contributed by atoms with E-state index in [1.165, 1.54) is 12.0 Å². The first-order valence-corrected chi connectivity index (χ1v) is 6.72. The van der Waals surface area contributed by atoms with Crippen LogP contribution in [0.25, 0.3) is 0 Å². The van der Waals surface area contributed by atoms with Crippen molar-refractivity contribution in [2.75, 3.05) is 13.1 Å². The van der Waals surface area contributed by atoms with E-state index in [4.69, 9.17) is 5.11 Å². The minimum absolute atomic E-state index is 0.311. The second-order valence-electron chi connectivity index (χ2n) is 5.18. The van der Waals surface area contributed by atoms with Crippen LogP contribution in [-0.4, -0.2) is 29.1 Å². The SMILES string of the molecule is O=C(O)CC1CCCCN(Cc2ccccc2)C1.